The van der Waals surface area contributed by atoms with E-state index in [4.69, 9.17) is 28.5 Å². The first-order valence-corrected chi connectivity index (χ1v) is 9.85. The highest BCUT2D eigenvalue weighted by molar-refractivity contribution is 6.30. The van der Waals surface area contributed by atoms with Gasteiger partial charge in [-0.2, -0.15) is 0 Å². The Morgan fingerprint density at radius 3 is 2.28 bits per heavy atom. The van der Waals surface area contributed by atoms with Crippen LogP contribution in [-0.4, -0.2) is 17.6 Å². The average Bonchev–Trinajstić information content (AvgIpc) is 2.76. The van der Waals surface area contributed by atoms with Crippen molar-refractivity contribution in [3.8, 4) is 0 Å². The maximum atomic E-state index is 12.4. The number of halogens is 2. The summed E-state index contributed by atoms with van der Waals surface area (Å²) in [6.07, 6.45) is 0. The lowest BCUT2D eigenvalue weighted by molar-refractivity contribution is 0.0949. The van der Waals surface area contributed by atoms with Crippen LogP contribution in [0.15, 0.2) is 66.7 Å². The summed E-state index contributed by atoms with van der Waals surface area (Å²) in [5.74, 6) is -0.809. The van der Waals surface area contributed by atoms with Crippen LogP contribution in [0.3, 0.4) is 0 Å². The maximum absolute atomic E-state index is 12.4. The molecule has 0 aliphatic carbocycles. The standard InChI is InChI=1S/C23H22ClN5O2.ClH/c24-19-6-2-5-17(10-19)23(31)29-13-18-8-7-15(21(25)26)11-20(18)28-12-14-3-1-4-16(9-14)22(27)30;/h1-11,28H,12-13H2,(H3,25,26)(H2,27,30)(H,29,31);1H. The Hall–Kier alpha value is -3.55. The topological polar surface area (TPSA) is 134 Å². The fraction of sp³-hybridized carbons (Fsp3) is 0.0870. The van der Waals surface area contributed by atoms with Gasteiger partial charge >= 0.3 is 0 Å². The normalized spacial score (nSPS) is 10.0. The van der Waals surface area contributed by atoms with Gasteiger partial charge in [-0.25, -0.2) is 0 Å². The van der Waals surface area contributed by atoms with E-state index in [1.807, 2.05) is 6.07 Å². The van der Waals surface area contributed by atoms with E-state index in [0.29, 0.717) is 33.9 Å². The Morgan fingerprint density at radius 1 is 0.875 bits per heavy atom. The zero-order valence-electron chi connectivity index (χ0n) is 17.0. The molecule has 9 heteroatoms. The van der Waals surface area contributed by atoms with Crippen LogP contribution in [0, 0.1) is 5.41 Å². The van der Waals surface area contributed by atoms with E-state index >= 15 is 0 Å². The minimum atomic E-state index is -0.496. The number of anilines is 1. The molecule has 0 fully saturated rings. The fourth-order valence-electron chi connectivity index (χ4n) is 3.00. The number of carbonyl (C=O) groups is 2. The lowest BCUT2D eigenvalue weighted by atomic mass is 10.1. The lowest BCUT2D eigenvalue weighted by Crippen LogP contribution is -2.23. The molecular weight excluding hydrogens is 449 g/mol. The van der Waals surface area contributed by atoms with Crippen LogP contribution in [0.1, 0.15) is 37.4 Å². The summed E-state index contributed by atoms with van der Waals surface area (Å²) in [4.78, 5) is 23.9. The van der Waals surface area contributed by atoms with Crippen molar-refractivity contribution in [1.29, 1.82) is 5.41 Å². The van der Waals surface area contributed by atoms with Crippen molar-refractivity contribution >= 4 is 47.3 Å². The van der Waals surface area contributed by atoms with E-state index in [1.165, 1.54) is 0 Å². The van der Waals surface area contributed by atoms with Gasteiger partial charge in [-0.05, 0) is 47.5 Å². The van der Waals surface area contributed by atoms with Gasteiger partial charge < -0.3 is 22.1 Å². The molecule has 32 heavy (non-hydrogen) atoms. The van der Waals surface area contributed by atoms with Gasteiger partial charge in [0, 0.05) is 40.5 Å². The van der Waals surface area contributed by atoms with E-state index in [2.05, 4.69) is 10.6 Å². The molecule has 0 aliphatic rings. The molecule has 3 rings (SSSR count). The Labute approximate surface area is 197 Å². The Bertz CT molecular complexity index is 1150. The van der Waals surface area contributed by atoms with Crippen LogP contribution < -0.4 is 22.1 Å². The van der Waals surface area contributed by atoms with Crippen LogP contribution in [0.4, 0.5) is 5.69 Å². The number of nitrogens with one attached hydrogen (secondary N) is 3. The van der Waals surface area contributed by atoms with Gasteiger partial charge in [0.15, 0.2) is 0 Å². The summed E-state index contributed by atoms with van der Waals surface area (Å²) in [6, 6.07) is 19.0. The predicted molar refractivity (Wildman–Crippen MR) is 130 cm³/mol. The molecule has 2 amide bonds. The molecule has 0 atom stereocenters. The summed E-state index contributed by atoms with van der Waals surface area (Å²) < 4.78 is 0. The highest BCUT2D eigenvalue weighted by atomic mass is 35.5. The number of benzene rings is 3. The van der Waals surface area contributed by atoms with Crippen molar-refractivity contribution in [3.05, 3.63) is 99.6 Å². The van der Waals surface area contributed by atoms with Crippen molar-refractivity contribution in [2.24, 2.45) is 11.5 Å². The molecule has 7 N–H and O–H groups in total. The zero-order chi connectivity index (χ0) is 22.4. The van der Waals surface area contributed by atoms with Crippen molar-refractivity contribution in [2.75, 3.05) is 5.32 Å². The number of nitrogens with two attached hydrogens (primary N) is 2. The van der Waals surface area contributed by atoms with Crippen molar-refractivity contribution < 1.29 is 9.59 Å². The van der Waals surface area contributed by atoms with Crippen LogP contribution in [0.5, 0.6) is 0 Å². The second kappa shape index (κ2) is 11.2. The number of amides is 2. The maximum Gasteiger partial charge on any atom is 0.251 e. The highest BCUT2D eigenvalue weighted by Gasteiger charge is 2.10. The Morgan fingerprint density at radius 2 is 1.59 bits per heavy atom. The summed E-state index contributed by atoms with van der Waals surface area (Å²) in [7, 11) is 0. The zero-order valence-corrected chi connectivity index (χ0v) is 18.6. The molecule has 0 saturated heterocycles. The molecule has 7 nitrogen and oxygen atoms in total. The molecule has 0 heterocycles. The van der Waals surface area contributed by atoms with E-state index in [9.17, 15) is 9.59 Å². The van der Waals surface area contributed by atoms with Gasteiger partial charge in [-0.1, -0.05) is 41.9 Å². The second-order valence-electron chi connectivity index (χ2n) is 6.90. The van der Waals surface area contributed by atoms with Gasteiger partial charge in [0.25, 0.3) is 5.91 Å². The van der Waals surface area contributed by atoms with E-state index in [0.717, 1.165) is 11.1 Å². The second-order valence-corrected chi connectivity index (χ2v) is 7.33. The van der Waals surface area contributed by atoms with Gasteiger partial charge in [0.2, 0.25) is 5.91 Å². The number of nitrogen functional groups attached to an aromatic ring is 1. The SMILES string of the molecule is Cl.N=C(N)c1ccc(CNC(=O)c2cccc(Cl)c2)c(NCc2cccc(C(N)=O)c2)c1. The number of primary amides is 1. The number of amidine groups is 1. The van der Waals surface area contributed by atoms with Crippen LogP contribution in [0.2, 0.25) is 5.02 Å². The van der Waals surface area contributed by atoms with E-state index in [1.54, 1.807) is 60.7 Å². The number of carbonyl (C=O) groups excluding carboxylic acids is 2. The van der Waals surface area contributed by atoms with E-state index in [-0.39, 0.29) is 30.7 Å². The molecule has 0 aromatic heterocycles. The smallest absolute Gasteiger partial charge is 0.251 e. The van der Waals surface area contributed by atoms with Crippen molar-refractivity contribution in [1.82, 2.24) is 5.32 Å². The molecule has 0 saturated carbocycles. The molecule has 0 spiro atoms. The third-order valence-electron chi connectivity index (χ3n) is 4.64. The molecule has 0 bridgehead atoms. The van der Waals surface area contributed by atoms with Crippen molar-refractivity contribution in [3.63, 3.8) is 0 Å². The quantitative estimate of drug-likeness (QED) is 0.253. The summed E-state index contributed by atoms with van der Waals surface area (Å²) in [5.41, 5.74) is 14.8. The first-order valence-electron chi connectivity index (χ1n) is 9.47. The average molecular weight is 472 g/mol. The van der Waals surface area contributed by atoms with Gasteiger partial charge in [0.05, 0.1) is 0 Å². The third-order valence-corrected chi connectivity index (χ3v) is 4.88. The fourth-order valence-corrected chi connectivity index (χ4v) is 3.19. The van der Waals surface area contributed by atoms with Gasteiger partial charge in [-0.15, -0.1) is 12.4 Å². The molecule has 0 aliphatic heterocycles. The Balaban J connectivity index is 0.00000363. The van der Waals surface area contributed by atoms with Crippen LogP contribution in [-0.2, 0) is 13.1 Å². The largest absolute Gasteiger partial charge is 0.384 e. The molecule has 166 valence electrons. The summed E-state index contributed by atoms with van der Waals surface area (Å²) >= 11 is 5.96. The molecule has 3 aromatic rings. The first kappa shape index (κ1) is 24.7. The number of hydrogen-bond donors (Lipinski definition) is 5. The highest BCUT2D eigenvalue weighted by Crippen LogP contribution is 2.20. The van der Waals surface area contributed by atoms with Gasteiger partial charge in [0.1, 0.15) is 5.84 Å². The lowest BCUT2D eigenvalue weighted by Gasteiger charge is -2.15. The molecule has 0 unspecified atom stereocenters. The summed E-state index contributed by atoms with van der Waals surface area (Å²) in [6.45, 7) is 0.672. The van der Waals surface area contributed by atoms with Gasteiger partial charge in [-0.3, -0.25) is 15.0 Å². The molecule has 3 aromatic carbocycles. The van der Waals surface area contributed by atoms with Crippen LogP contribution in [0.25, 0.3) is 0 Å². The van der Waals surface area contributed by atoms with Crippen LogP contribution >= 0.6 is 24.0 Å². The third kappa shape index (κ3) is 6.47. The monoisotopic (exact) mass is 471 g/mol. The number of hydrogen-bond acceptors (Lipinski definition) is 4. The predicted octanol–water partition coefficient (Wildman–Crippen LogP) is 3.69. The summed E-state index contributed by atoms with van der Waals surface area (Å²) in [5, 5.41) is 14.3. The van der Waals surface area contributed by atoms with E-state index < -0.39 is 5.91 Å². The minimum absolute atomic E-state index is 0. The first-order chi connectivity index (χ1) is 14.8. The molecular formula is C23H23Cl2N5O2. The minimum Gasteiger partial charge on any atom is -0.384 e. The molecule has 0 radical (unpaired) electrons. The van der Waals surface area contributed by atoms with Crippen molar-refractivity contribution in [2.45, 2.75) is 13.1 Å². The number of rotatable bonds is 8. The Kier molecular flexibility index (Phi) is 8.63.